The minimum absolute atomic E-state index is 0.206. The Balaban J connectivity index is 1.54. The maximum Gasteiger partial charge on any atom is 0.269 e. The third-order valence-corrected chi connectivity index (χ3v) is 8.66. The maximum absolute atomic E-state index is 14.7. The van der Waals surface area contributed by atoms with E-state index in [9.17, 15) is 24.5 Å². The number of methoxy groups -OCH3 is 1. The molecule has 1 spiro atoms. The van der Waals surface area contributed by atoms with Crippen molar-refractivity contribution in [3.8, 4) is 5.75 Å². The van der Waals surface area contributed by atoms with Gasteiger partial charge in [-0.25, -0.2) is 0 Å². The molecule has 4 aromatic carbocycles. The number of rotatable bonds is 5. The van der Waals surface area contributed by atoms with E-state index in [0.717, 1.165) is 5.56 Å². The molecule has 3 aliphatic rings. The lowest BCUT2D eigenvalue weighted by molar-refractivity contribution is -0.384. The van der Waals surface area contributed by atoms with Gasteiger partial charge in [0.2, 0.25) is 0 Å². The monoisotopic (exact) mass is 557 g/mol. The highest BCUT2D eigenvalue weighted by Gasteiger charge is 2.72. The van der Waals surface area contributed by atoms with Gasteiger partial charge in [0.15, 0.2) is 17.3 Å². The van der Waals surface area contributed by atoms with Crippen LogP contribution in [0, 0.1) is 15.5 Å². The average Bonchev–Trinajstić information content (AvgIpc) is 3.47. The Kier molecular flexibility index (Phi) is 5.65. The van der Waals surface area contributed by atoms with Gasteiger partial charge in [0.25, 0.3) is 5.69 Å². The van der Waals surface area contributed by atoms with E-state index in [1.165, 1.54) is 25.3 Å². The Morgan fingerprint density at radius 1 is 0.905 bits per heavy atom. The highest BCUT2D eigenvalue weighted by atomic mass is 16.6. The number of nitro benzene ring substituents is 1. The largest absolute Gasteiger partial charge is 0.497 e. The van der Waals surface area contributed by atoms with Crippen molar-refractivity contribution in [1.29, 1.82) is 0 Å². The number of hydrogen-bond donors (Lipinski definition) is 0. The molecule has 9 nitrogen and oxygen atoms in total. The molecule has 0 N–H and O–H groups in total. The van der Waals surface area contributed by atoms with E-state index in [4.69, 9.17) is 9.84 Å². The molecule has 4 aromatic rings. The van der Waals surface area contributed by atoms with Crippen molar-refractivity contribution < 1.29 is 24.0 Å². The third kappa shape index (κ3) is 3.36. The first-order valence-corrected chi connectivity index (χ1v) is 13.4. The SMILES string of the molecule is COc1ccc(C(=O)[C@H]2[C@H](c3cccc([N+](=O)[O-])c3)C3(C(=O)c4ccccc4C3=O)[C@@H]3c4ccccc4C=NN32)cc1. The quantitative estimate of drug-likeness (QED) is 0.139. The fourth-order valence-corrected chi connectivity index (χ4v) is 6.91. The van der Waals surface area contributed by atoms with Crippen LogP contribution in [0.15, 0.2) is 102 Å². The van der Waals surface area contributed by atoms with Crippen LogP contribution in [0.1, 0.15) is 59.7 Å². The number of benzene rings is 4. The van der Waals surface area contributed by atoms with Crippen molar-refractivity contribution in [1.82, 2.24) is 5.01 Å². The molecule has 9 heteroatoms. The summed E-state index contributed by atoms with van der Waals surface area (Å²) in [6.07, 6.45) is 1.63. The molecule has 0 amide bonds. The van der Waals surface area contributed by atoms with Crippen molar-refractivity contribution in [2.24, 2.45) is 10.5 Å². The topological polar surface area (TPSA) is 119 Å². The summed E-state index contributed by atoms with van der Waals surface area (Å²) in [5.41, 5.74) is 0.601. The van der Waals surface area contributed by atoms with Crippen molar-refractivity contribution >= 4 is 29.3 Å². The van der Waals surface area contributed by atoms with Crippen molar-refractivity contribution in [2.45, 2.75) is 18.0 Å². The second-order valence-electron chi connectivity index (χ2n) is 10.6. The molecule has 0 unspecified atom stereocenters. The zero-order chi connectivity index (χ0) is 29.2. The molecule has 0 bridgehead atoms. The molecule has 3 atom stereocenters. The summed E-state index contributed by atoms with van der Waals surface area (Å²) >= 11 is 0. The van der Waals surface area contributed by atoms with Crippen LogP contribution in [0.25, 0.3) is 0 Å². The van der Waals surface area contributed by atoms with Crippen LogP contribution in [-0.2, 0) is 0 Å². The molecule has 2 aliphatic heterocycles. The summed E-state index contributed by atoms with van der Waals surface area (Å²) < 4.78 is 5.27. The van der Waals surface area contributed by atoms with Gasteiger partial charge in [0.05, 0.1) is 24.3 Å². The molecule has 7 rings (SSSR count). The van der Waals surface area contributed by atoms with Gasteiger partial charge in [-0.15, -0.1) is 0 Å². The number of nitrogens with zero attached hydrogens (tertiary/aromatic N) is 3. The zero-order valence-electron chi connectivity index (χ0n) is 22.3. The van der Waals surface area contributed by atoms with Crippen molar-refractivity contribution in [3.63, 3.8) is 0 Å². The lowest BCUT2D eigenvalue weighted by Crippen LogP contribution is -2.43. The fraction of sp³-hybridized carbons (Fsp3) is 0.152. The summed E-state index contributed by atoms with van der Waals surface area (Å²) in [5, 5.41) is 18.1. The van der Waals surface area contributed by atoms with Crippen LogP contribution in [-0.4, -0.2) is 46.6 Å². The number of ketones is 3. The van der Waals surface area contributed by atoms with Gasteiger partial charge in [-0.3, -0.25) is 29.5 Å². The zero-order valence-corrected chi connectivity index (χ0v) is 22.3. The Morgan fingerprint density at radius 2 is 1.57 bits per heavy atom. The second-order valence-corrected chi connectivity index (χ2v) is 10.6. The molecule has 1 saturated heterocycles. The predicted octanol–water partition coefficient (Wildman–Crippen LogP) is 5.41. The number of carbonyl (C=O) groups is 3. The van der Waals surface area contributed by atoms with Gasteiger partial charge in [0, 0.05) is 34.7 Å². The van der Waals surface area contributed by atoms with E-state index < -0.39 is 39.9 Å². The van der Waals surface area contributed by atoms with E-state index in [-0.39, 0.29) is 22.6 Å². The van der Waals surface area contributed by atoms with Gasteiger partial charge in [-0.2, -0.15) is 5.10 Å². The molecular weight excluding hydrogens is 534 g/mol. The van der Waals surface area contributed by atoms with Crippen LogP contribution in [0.2, 0.25) is 0 Å². The number of fused-ring (bicyclic) bond motifs is 5. The minimum Gasteiger partial charge on any atom is -0.497 e. The van der Waals surface area contributed by atoms with Crippen LogP contribution in [0.4, 0.5) is 5.69 Å². The highest BCUT2D eigenvalue weighted by Crippen LogP contribution is 2.64. The summed E-state index contributed by atoms with van der Waals surface area (Å²) in [4.78, 5) is 55.3. The number of hydrogen-bond acceptors (Lipinski definition) is 8. The van der Waals surface area contributed by atoms with Crippen LogP contribution < -0.4 is 4.74 Å². The third-order valence-electron chi connectivity index (χ3n) is 8.66. The van der Waals surface area contributed by atoms with Crippen molar-refractivity contribution in [2.75, 3.05) is 7.11 Å². The normalized spacial score (nSPS) is 21.2. The minimum atomic E-state index is -1.81. The first kappa shape index (κ1) is 25.5. The van der Waals surface area contributed by atoms with Gasteiger partial charge >= 0.3 is 0 Å². The number of hydrazone groups is 1. The highest BCUT2D eigenvalue weighted by molar-refractivity contribution is 6.31. The van der Waals surface area contributed by atoms with Crippen LogP contribution in [0.5, 0.6) is 5.75 Å². The molecule has 206 valence electrons. The maximum atomic E-state index is 14.7. The molecule has 2 heterocycles. The summed E-state index contributed by atoms with van der Waals surface area (Å²) in [6, 6.07) is 24.4. The van der Waals surface area contributed by atoms with Gasteiger partial charge in [-0.05, 0) is 41.0 Å². The average molecular weight is 558 g/mol. The molecule has 0 radical (unpaired) electrons. The number of Topliss-reactive ketones (excluding diaryl/α,β-unsaturated/α-hetero) is 3. The van der Waals surface area contributed by atoms with E-state index in [1.807, 2.05) is 24.3 Å². The number of ether oxygens (including phenoxy) is 1. The van der Waals surface area contributed by atoms with Gasteiger partial charge in [0.1, 0.15) is 17.2 Å². The lowest BCUT2D eigenvalue weighted by Gasteiger charge is -2.36. The molecule has 42 heavy (non-hydrogen) atoms. The van der Waals surface area contributed by atoms with Crippen LogP contribution in [0.3, 0.4) is 0 Å². The van der Waals surface area contributed by atoms with E-state index in [1.54, 1.807) is 65.8 Å². The summed E-state index contributed by atoms with van der Waals surface area (Å²) in [5.74, 6) is -1.75. The van der Waals surface area contributed by atoms with E-state index >= 15 is 0 Å². The van der Waals surface area contributed by atoms with Crippen LogP contribution >= 0.6 is 0 Å². The van der Waals surface area contributed by atoms with E-state index in [2.05, 4.69) is 0 Å². The molecular formula is C33H23N3O6. The van der Waals surface area contributed by atoms with Gasteiger partial charge < -0.3 is 4.74 Å². The Hall–Kier alpha value is -5.44. The number of nitro groups is 1. The summed E-state index contributed by atoms with van der Waals surface area (Å²) in [6.45, 7) is 0. The van der Waals surface area contributed by atoms with E-state index in [0.29, 0.717) is 22.4 Å². The first-order valence-electron chi connectivity index (χ1n) is 13.4. The number of non-ortho nitro benzene ring substituents is 1. The second kappa shape index (κ2) is 9.31. The molecule has 1 fully saturated rings. The molecule has 0 aromatic heterocycles. The Morgan fingerprint density at radius 3 is 2.24 bits per heavy atom. The predicted molar refractivity (Wildman–Crippen MR) is 153 cm³/mol. The standard InChI is InChI=1S/C33H23N3O6/c1-42-23-15-13-19(14-16-23)29(37)28-27(20-8-6-9-22(17-20)36(40)41)33(31(38)25-11-4-5-12-26(25)32(33)39)30-24-10-3-2-7-21(24)18-34-35(28)30/h2-18,27-28,30H,1H3/t27-,28+,30-/m0/s1. The summed E-state index contributed by atoms with van der Waals surface area (Å²) in [7, 11) is 1.52. The number of carbonyl (C=O) groups excluding carboxylic acids is 3. The Bertz CT molecular complexity index is 1810. The van der Waals surface area contributed by atoms with Crippen molar-refractivity contribution in [3.05, 3.63) is 141 Å². The Labute approximate surface area is 240 Å². The molecule has 0 saturated carbocycles. The lowest BCUT2D eigenvalue weighted by atomic mass is 9.63. The first-order chi connectivity index (χ1) is 20.4. The fourth-order valence-electron chi connectivity index (χ4n) is 6.91. The van der Waals surface area contributed by atoms with Gasteiger partial charge in [-0.1, -0.05) is 60.7 Å². The molecule has 1 aliphatic carbocycles. The smallest absolute Gasteiger partial charge is 0.269 e.